The molecule has 0 radical (unpaired) electrons. The Morgan fingerprint density at radius 1 is 1.33 bits per heavy atom. The second-order valence-corrected chi connectivity index (χ2v) is 4.71. The van der Waals surface area contributed by atoms with Crippen LogP contribution in [-0.2, 0) is 16.1 Å². The van der Waals surface area contributed by atoms with Crippen molar-refractivity contribution >= 4 is 34.8 Å². The van der Waals surface area contributed by atoms with Gasteiger partial charge >= 0.3 is 0 Å². The third-order valence-corrected chi connectivity index (χ3v) is 2.82. The molecule has 0 aromatic carbocycles. The maximum atomic E-state index is 11.0. The molecule has 2 amide bonds. The van der Waals surface area contributed by atoms with Crippen LogP contribution in [0.25, 0.3) is 0 Å². The van der Waals surface area contributed by atoms with Crippen molar-refractivity contribution in [3.63, 3.8) is 0 Å². The zero-order chi connectivity index (χ0) is 10.8. The lowest BCUT2D eigenvalue weighted by Gasteiger charge is -2.23. The fourth-order valence-corrected chi connectivity index (χ4v) is 2.21. The van der Waals surface area contributed by atoms with E-state index < -0.39 is 0 Å². The standard InChI is InChI=1S/C7H7ClN4O2S/c8-7-11-10-6(15-7)3-12-1-4(13)9-5(14)2-12/h1-3H2,(H,9,13,14). The predicted molar refractivity (Wildman–Crippen MR) is 53.3 cm³/mol. The second-order valence-electron chi connectivity index (χ2n) is 3.07. The van der Waals surface area contributed by atoms with E-state index in [0.29, 0.717) is 16.0 Å². The van der Waals surface area contributed by atoms with Gasteiger partial charge in [-0.15, -0.1) is 10.2 Å². The van der Waals surface area contributed by atoms with Crippen LogP contribution in [0.3, 0.4) is 0 Å². The fraction of sp³-hybridized carbons (Fsp3) is 0.429. The number of carbonyl (C=O) groups excluding carboxylic acids is 2. The topological polar surface area (TPSA) is 75.2 Å². The van der Waals surface area contributed by atoms with E-state index >= 15 is 0 Å². The van der Waals surface area contributed by atoms with E-state index in [1.54, 1.807) is 4.90 Å². The third kappa shape index (κ3) is 2.71. The molecule has 1 saturated heterocycles. The molecule has 1 aliphatic heterocycles. The van der Waals surface area contributed by atoms with E-state index in [1.807, 2.05) is 0 Å². The van der Waals surface area contributed by atoms with Crippen molar-refractivity contribution < 1.29 is 9.59 Å². The highest BCUT2D eigenvalue weighted by Crippen LogP contribution is 2.16. The van der Waals surface area contributed by atoms with Gasteiger partial charge in [-0.1, -0.05) is 11.3 Å². The summed E-state index contributed by atoms with van der Waals surface area (Å²) in [6, 6.07) is 0. The average molecular weight is 247 g/mol. The van der Waals surface area contributed by atoms with Gasteiger partial charge in [0.1, 0.15) is 5.01 Å². The van der Waals surface area contributed by atoms with E-state index in [0.717, 1.165) is 0 Å². The third-order valence-electron chi connectivity index (χ3n) is 1.81. The van der Waals surface area contributed by atoms with Crippen LogP contribution < -0.4 is 5.32 Å². The Hall–Kier alpha value is -1.05. The van der Waals surface area contributed by atoms with Crippen LogP contribution in [0.1, 0.15) is 5.01 Å². The number of hydrogen-bond acceptors (Lipinski definition) is 6. The number of halogens is 1. The number of aromatic nitrogens is 2. The first-order valence-corrected chi connectivity index (χ1v) is 5.36. The van der Waals surface area contributed by atoms with Crippen LogP contribution in [-0.4, -0.2) is 40.0 Å². The van der Waals surface area contributed by atoms with Gasteiger partial charge in [0.15, 0.2) is 0 Å². The Bertz CT molecular complexity index is 391. The van der Waals surface area contributed by atoms with Gasteiger partial charge in [-0.25, -0.2) is 0 Å². The van der Waals surface area contributed by atoms with Gasteiger partial charge in [0.25, 0.3) is 0 Å². The lowest BCUT2D eigenvalue weighted by molar-refractivity contribution is -0.136. The normalized spacial score (nSPS) is 17.9. The zero-order valence-electron chi connectivity index (χ0n) is 7.57. The number of nitrogens with one attached hydrogen (secondary N) is 1. The number of piperazine rings is 1. The molecule has 1 N–H and O–H groups in total. The predicted octanol–water partition coefficient (Wildman–Crippen LogP) is -0.350. The molecule has 0 bridgehead atoms. The lowest BCUT2D eigenvalue weighted by Crippen LogP contribution is -2.50. The highest BCUT2D eigenvalue weighted by atomic mass is 35.5. The van der Waals surface area contributed by atoms with Crippen LogP contribution in [0.2, 0.25) is 4.47 Å². The summed E-state index contributed by atoms with van der Waals surface area (Å²) in [6.45, 7) is 0.815. The monoisotopic (exact) mass is 246 g/mol. The van der Waals surface area contributed by atoms with E-state index in [2.05, 4.69) is 15.5 Å². The van der Waals surface area contributed by atoms with Gasteiger partial charge in [-0.05, 0) is 11.6 Å². The summed E-state index contributed by atoms with van der Waals surface area (Å²) in [5.74, 6) is -0.580. The summed E-state index contributed by atoms with van der Waals surface area (Å²) >= 11 is 6.86. The molecule has 2 heterocycles. The van der Waals surface area contributed by atoms with Crippen molar-refractivity contribution in [1.29, 1.82) is 0 Å². The molecule has 0 atom stereocenters. The molecular formula is C7H7ClN4O2S. The van der Waals surface area contributed by atoms with Crippen molar-refractivity contribution in [2.45, 2.75) is 6.54 Å². The lowest BCUT2D eigenvalue weighted by atomic mass is 10.3. The summed E-state index contributed by atoms with van der Waals surface area (Å²) < 4.78 is 0.359. The number of amides is 2. The van der Waals surface area contributed by atoms with Crippen molar-refractivity contribution in [1.82, 2.24) is 20.4 Å². The highest BCUT2D eigenvalue weighted by molar-refractivity contribution is 7.15. The maximum absolute atomic E-state index is 11.0. The molecule has 8 heteroatoms. The van der Waals surface area contributed by atoms with Gasteiger partial charge in [0.2, 0.25) is 16.3 Å². The number of imide groups is 1. The Balaban J connectivity index is 2.00. The maximum Gasteiger partial charge on any atom is 0.240 e. The van der Waals surface area contributed by atoms with Gasteiger partial charge in [-0.2, -0.15) is 0 Å². The molecule has 0 spiro atoms. The van der Waals surface area contributed by atoms with Crippen LogP contribution >= 0.6 is 22.9 Å². The van der Waals surface area contributed by atoms with E-state index in [4.69, 9.17) is 11.6 Å². The van der Waals surface area contributed by atoms with E-state index in [9.17, 15) is 9.59 Å². The first-order chi connectivity index (χ1) is 7.13. The molecule has 2 rings (SSSR count). The molecule has 1 aromatic heterocycles. The number of hydrogen-bond donors (Lipinski definition) is 1. The van der Waals surface area contributed by atoms with Crippen molar-refractivity contribution in [2.24, 2.45) is 0 Å². The first kappa shape index (κ1) is 10.5. The molecule has 1 aliphatic rings. The average Bonchev–Trinajstić information content (AvgIpc) is 2.49. The van der Waals surface area contributed by atoms with Gasteiger partial charge in [-0.3, -0.25) is 19.8 Å². The van der Waals surface area contributed by atoms with Crippen molar-refractivity contribution in [2.75, 3.05) is 13.1 Å². The molecule has 80 valence electrons. The Labute approximate surface area is 94.2 Å². The Kier molecular flexibility index (Phi) is 2.94. The quantitative estimate of drug-likeness (QED) is 0.722. The molecule has 0 saturated carbocycles. The molecule has 1 fully saturated rings. The van der Waals surface area contributed by atoms with Crippen molar-refractivity contribution in [3.05, 3.63) is 9.47 Å². The summed E-state index contributed by atoms with van der Waals surface area (Å²) in [7, 11) is 0. The first-order valence-electron chi connectivity index (χ1n) is 4.16. The minimum Gasteiger partial charge on any atom is -0.294 e. The second kappa shape index (κ2) is 4.21. The Morgan fingerprint density at radius 2 is 2.00 bits per heavy atom. The van der Waals surface area contributed by atoms with E-state index in [-0.39, 0.29) is 24.9 Å². The van der Waals surface area contributed by atoms with Crippen LogP contribution in [0.5, 0.6) is 0 Å². The van der Waals surface area contributed by atoms with Crippen molar-refractivity contribution in [3.8, 4) is 0 Å². The largest absolute Gasteiger partial charge is 0.294 e. The molecule has 6 nitrogen and oxygen atoms in total. The highest BCUT2D eigenvalue weighted by Gasteiger charge is 2.23. The summed E-state index contributed by atoms with van der Waals surface area (Å²) in [6.07, 6.45) is 0. The fourth-order valence-electron chi connectivity index (χ4n) is 1.30. The van der Waals surface area contributed by atoms with Gasteiger partial charge in [0.05, 0.1) is 19.6 Å². The number of rotatable bonds is 2. The van der Waals surface area contributed by atoms with E-state index in [1.165, 1.54) is 11.3 Å². The van der Waals surface area contributed by atoms with Crippen LogP contribution in [0, 0.1) is 0 Å². The molecule has 15 heavy (non-hydrogen) atoms. The Morgan fingerprint density at radius 3 is 2.53 bits per heavy atom. The number of carbonyl (C=O) groups is 2. The summed E-state index contributed by atoms with van der Waals surface area (Å²) in [5.41, 5.74) is 0. The molecule has 0 aliphatic carbocycles. The molecule has 1 aromatic rings. The minimum absolute atomic E-state index is 0.197. The summed E-state index contributed by atoms with van der Waals surface area (Å²) in [4.78, 5) is 23.8. The zero-order valence-corrected chi connectivity index (χ0v) is 9.14. The van der Waals surface area contributed by atoms with Crippen LogP contribution in [0.15, 0.2) is 0 Å². The number of nitrogens with zero attached hydrogens (tertiary/aromatic N) is 3. The van der Waals surface area contributed by atoms with Crippen LogP contribution in [0.4, 0.5) is 0 Å². The summed E-state index contributed by atoms with van der Waals surface area (Å²) in [5, 5.41) is 10.4. The minimum atomic E-state index is -0.290. The van der Waals surface area contributed by atoms with Gasteiger partial charge < -0.3 is 0 Å². The molecule has 0 unspecified atom stereocenters. The van der Waals surface area contributed by atoms with Gasteiger partial charge in [0, 0.05) is 0 Å². The smallest absolute Gasteiger partial charge is 0.240 e. The molecular weight excluding hydrogens is 240 g/mol. The SMILES string of the molecule is O=C1CN(Cc2nnc(Cl)s2)CC(=O)N1.